The van der Waals surface area contributed by atoms with Gasteiger partial charge in [0.05, 0.1) is 17.7 Å². The summed E-state index contributed by atoms with van der Waals surface area (Å²) in [5.74, 6) is 6.01. The Morgan fingerprint density at radius 2 is 1.62 bits per heavy atom. The molecule has 3 rings (SSSR count). The highest BCUT2D eigenvalue weighted by molar-refractivity contribution is 7.89. The monoisotopic (exact) mass is 410 g/mol. The maximum absolute atomic E-state index is 13.2. The minimum absolute atomic E-state index is 0.0760. The molecule has 0 spiro atoms. The van der Waals surface area contributed by atoms with Gasteiger partial charge < -0.3 is 5.32 Å². The molecule has 1 heterocycles. The third-order valence-corrected chi connectivity index (χ3v) is 7.32. The number of sulfonamides is 1. The average molecular weight is 411 g/mol. The molecule has 1 saturated heterocycles. The van der Waals surface area contributed by atoms with Crippen LogP contribution in [0.15, 0.2) is 60.7 Å². The maximum atomic E-state index is 13.2. The van der Waals surface area contributed by atoms with Crippen molar-refractivity contribution in [1.82, 2.24) is 9.62 Å². The Bertz CT molecular complexity index is 985. The van der Waals surface area contributed by atoms with Gasteiger partial charge in [0.2, 0.25) is 15.9 Å². The molecule has 2 aromatic carbocycles. The molecule has 29 heavy (non-hydrogen) atoms. The first-order valence-corrected chi connectivity index (χ1v) is 11.4. The Morgan fingerprint density at radius 3 is 2.21 bits per heavy atom. The largest absolute Gasteiger partial charge is 0.344 e. The van der Waals surface area contributed by atoms with Crippen LogP contribution in [0.2, 0.25) is 0 Å². The van der Waals surface area contributed by atoms with Crippen LogP contribution in [0, 0.1) is 11.8 Å². The lowest BCUT2D eigenvalue weighted by molar-refractivity contribution is -0.128. The van der Waals surface area contributed by atoms with E-state index in [9.17, 15) is 13.2 Å². The highest BCUT2D eigenvalue weighted by Crippen LogP contribution is 2.36. The lowest BCUT2D eigenvalue weighted by Gasteiger charge is -2.40. The summed E-state index contributed by atoms with van der Waals surface area (Å²) in [6, 6.07) is 19.2. The number of nitrogens with one attached hydrogen (secondary N) is 1. The second-order valence-corrected chi connectivity index (χ2v) is 9.36. The molecule has 1 aliphatic rings. The number of benzene rings is 2. The van der Waals surface area contributed by atoms with Gasteiger partial charge in [-0.05, 0) is 37.5 Å². The fourth-order valence-corrected chi connectivity index (χ4v) is 4.80. The van der Waals surface area contributed by atoms with Gasteiger partial charge in [0.25, 0.3) is 0 Å². The van der Waals surface area contributed by atoms with Crippen molar-refractivity contribution >= 4 is 15.9 Å². The van der Waals surface area contributed by atoms with E-state index in [1.54, 1.807) is 6.92 Å². The predicted molar refractivity (Wildman–Crippen MR) is 115 cm³/mol. The molecule has 1 amide bonds. The first-order chi connectivity index (χ1) is 14.0. The quantitative estimate of drug-likeness (QED) is 0.771. The van der Waals surface area contributed by atoms with Gasteiger partial charge >= 0.3 is 0 Å². The minimum atomic E-state index is -3.25. The third-order valence-electron chi connectivity index (χ3n) is 5.44. The molecule has 0 bridgehead atoms. The molecule has 5 nitrogen and oxygen atoms in total. The first kappa shape index (κ1) is 21.1. The molecule has 0 atom stereocenters. The molecule has 0 saturated carbocycles. The van der Waals surface area contributed by atoms with Gasteiger partial charge in [0.1, 0.15) is 0 Å². The number of carbonyl (C=O) groups is 1. The van der Waals surface area contributed by atoms with Crippen molar-refractivity contribution in [3.8, 4) is 11.8 Å². The van der Waals surface area contributed by atoms with Crippen molar-refractivity contribution in [3.63, 3.8) is 0 Å². The summed E-state index contributed by atoms with van der Waals surface area (Å²) in [4.78, 5) is 13.2. The van der Waals surface area contributed by atoms with E-state index in [1.165, 1.54) is 4.31 Å². The highest BCUT2D eigenvalue weighted by Gasteiger charge is 2.44. The molecule has 0 aliphatic carbocycles. The number of hydrogen-bond acceptors (Lipinski definition) is 3. The van der Waals surface area contributed by atoms with E-state index in [1.807, 2.05) is 60.7 Å². The van der Waals surface area contributed by atoms with Crippen molar-refractivity contribution in [1.29, 1.82) is 0 Å². The summed E-state index contributed by atoms with van der Waals surface area (Å²) in [7, 11) is -3.25. The van der Waals surface area contributed by atoms with Gasteiger partial charge in [-0.25, -0.2) is 12.7 Å². The molecule has 0 unspecified atom stereocenters. The zero-order valence-electron chi connectivity index (χ0n) is 16.6. The topological polar surface area (TPSA) is 66.5 Å². The summed E-state index contributed by atoms with van der Waals surface area (Å²) >= 11 is 0. The zero-order valence-corrected chi connectivity index (χ0v) is 17.4. The van der Waals surface area contributed by atoms with Crippen LogP contribution in [0.3, 0.4) is 0 Å². The van der Waals surface area contributed by atoms with Crippen LogP contribution in [-0.2, 0) is 20.2 Å². The number of nitrogens with zero attached hydrogens (tertiary/aromatic N) is 1. The van der Waals surface area contributed by atoms with Crippen LogP contribution < -0.4 is 5.32 Å². The van der Waals surface area contributed by atoms with E-state index < -0.39 is 15.4 Å². The van der Waals surface area contributed by atoms with Crippen LogP contribution in [0.1, 0.15) is 30.9 Å². The van der Waals surface area contributed by atoms with Crippen LogP contribution >= 0.6 is 0 Å². The summed E-state index contributed by atoms with van der Waals surface area (Å²) in [5.41, 5.74) is 1.08. The van der Waals surface area contributed by atoms with Gasteiger partial charge in [0.15, 0.2) is 0 Å². The van der Waals surface area contributed by atoms with Gasteiger partial charge in [0, 0.05) is 18.7 Å². The summed E-state index contributed by atoms with van der Waals surface area (Å²) in [6.07, 6.45) is 0.905. The van der Waals surface area contributed by atoms with Crippen LogP contribution in [-0.4, -0.2) is 44.0 Å². The zero-order chi connectivity index (χ0) is 20.7. The highest BCUT2D eigenvalue weighted by atomic mass is 32.2. The fraction of sp³-hybridized carbons (Fsp3) is 0.348. The molecule has 1 aliphatic heterocycles. The van der Waals surface area contributed by atoms with E-state index in [0.717, 1.165) is 11.1 Å². The third kappa shape index (κ3) is 4.87. The van der Waals surface area contributed by atoms with Crippen LogP contribution in [0.4, 0.5) is 0 Å². The van der Waals surface area contributed by atoms with Crippen molar-refractivity contribution in [3.05, 3.63) is 71.8 Å². The second kappa shape index (κ2) is 9.25. The molecule has 1 N–H and O–H groups in total. The minimum Gasteiger partial charge on any atom is -0.344 e. The Kier molecular flexibility index (Phi) is 6.73. The van der Waals surface area contributed by atoms with Crippen molar-refractivity contribution < 1.29 is 13.2 Å². The van der Waals surface area contributed by atoms with E-state index >= 15 is 0 Å². The van der Waals surface area contributed by atoms with E-state index in [0.29, 0.717) is 25.9 Å². The fourth-order valence-electron chi connectivity index (χ4n) is 3.69. The van der Waals surface area contributed by atoms with E-state index in [2.05, 4.69) is 17.2 Å². The van der Waals surface area contributed by atoms with Gasteiger partial charge in [-0.15, -0.1) is 0 Å². The molecule has 1 fully saturated rings. The Labute approximate surface area is 173 Å². The standard InChI is InChI=1S/C23H26N2O3S/c1-2-29(27,28)25-18-15-23(16-19-25,21-13-7-4-8-14-21)22(26)24-17-9-12-20-10-5-3-6-11-20/h3-8,10-11,13-14H,2,15-19H2,1H3,(H,24,26). The second-order valence-electron chi connectivity index (χ2n) is 7.10. The number of carbonyl (C=O) groups excluding carboxylic acids is 1. The maximum Gasteiger partial charge on any atom is 0.231 e. The first-order valence-electron chi connectivity index (χ1n) is 9.83. The Hall–Kier alpha value is -2.62. The SMILES string of the molecule is CCS(=O)(=O)N1CCC(C(=O)NCC#Cc2ccccc2)(c2ccccc2)CC1. The summed E-state index contributed by atoms with van der Waals surface area (Å²) in [5, 5.41) is 2.95. The number of amides is 1. The normalized spacial score (nSPS) is 16.4. The predicted octanol–water partition coefficient (Wildman–Crippen LogP) is 2.54. The van der Waals surface area contributed by atoms with Gasteiger partial charge in [-0.3, -0.25) is 4.79 Å². The van der Waals surface area contributed by atoms with E-state index in [4.69, 9.17) is 0 Å². The molecule has 2 aromatic rings. The Morgan fingerprint density at radius 1 is 1.03 bits per heavy atom. The molecule has 0 aromatic heterocycles. The lowest BCUT2D eigenvalue weighted by Crippen LogP contribution is -2.53. The lowest BCUT2D eigenvalue weighted by atomic mass is 9.72. The smallest absolute Gasteiger partial charge is 0.231 e. The summed E-state index contributed by atoms with van der Waals surface area (Å²) < 4.78 is 25.9. The van der Waals surface area contributed by atoms with Crippen molar-refractivity contribution in [2.75, 3.05) is 25.4 Å². The van der Waals surface area contributed by atoms with Gasteiger partial charge in [-0.2, -0.15) is 0 Å². The molecule has 6 heteroatoms. The molecule has 152 valence electrons. The summed E-state index contributed by atoms with van der Waals surface area (Å²) in [6.45, 7) is 2.58. The van der Waals surface area contributed by atoms with Gasteiger partial charge in [-0.1, -0.05) is 60.4 Å². The van der Waals surface area contributed by atoms with Crippen molar-refractivity contribution in [2.24, 2.45) is 0 Å². The molecular weight excluding hydrogens is 384 g/mol. The molecule has 0 radical (unpaired) electrons. The molecular formula is C23H26N2O3S. The Balaban J connectivity index is 1.75. The van der Waals surface area contributed by atoms with Crippen molar-refractivity contribution in [2.45, 2.75) is 25.2 Å². The van der Waals surface area contributed by atoms with E-state index in [-0.39, 0.29) is 18.2 Å². The number of piperidine rings is 1. The van der Waals surface area contributed by atoms with Crippen LogP contribution in [0.25, 0.3) is 0 Å². The average Bonchev–Trinajstić information content (AvgIpc) is 2.78. The number of hydrogen-bond donors (Lipinski definition) is 1. The van der Waals surface area contributed by atoms with Crippen LogP contribution in [0.5, 0.6) is 0 Å². The number of rotatable bonds is 5.